The molecule has 1 aliphatic rings. The monoisotopic (exact) mass is 302 g/mol. The molecule has 0 radical (unpaired) electrons. The second-order valence-corrected chi connectivity index (χ2v) is 5.26. The Morgan fingerprint density at radius 3 is 2.56 bits per heavy atom. The van der Waals surface area contributed by atoms with E-state index in [2.05, 4.69) is 15.9 Å². The van der Waals surface area contributed by atoms with Gasteiger partial charge in [-0.25, -0.2) is 0 Å². The number of carbonyl (C=O) groups is 1. The van der Waals surface area contributed by atoms with Crippen molar-refractivity contribution in [2.24, 2.45) is 0 Å². The Kier molecular flexibility index (Phi) is 2.92. The van der Waals surface area contributed by atoms with Crippen LogP contribution in [0.25, 0.3) is 0 Å². The minimum absolute atomic E-state index is 0.154. The second-order valence-electron chi connectivity index (χ2n) is 4.34. The van der Waals surface area contributed by atoms with Gasteiger partial charge >= 0.3 is 5.97 Å². The summed E-state index contributed by atoms with van der Waals surface area (Å²) < 4.78 is 6.31. The molecule has 0 spiro atoms. The first-order chi connectivity index (χ1) is 8.74. The number of hydrogen-bond donors (Lipinski definition) is 0. The molecule has 1 atom stereocenters. The van der Waals surface area contributed by atoms with Gasteiger partial charge in [-0.3, -0.25) is 4.79 Å². The summed E-state index contributed by atoms with van der Waals surface area (Å²) in [5.74, 6) is 0.367. The van der Waals surface area contributed by atoms with Crippen molar-refractivity contribution >= 4 is 21.9 Å². The molecule has 18 heavy (non-hydrogen) atoms. The number of carbonyl (C=O) groups excluding carboxylic acids is 1. The highest BCUT2D eigenvalue weighted by Gasteiger charge is 2.32. The van der Waals surface area contributed by atoms with Crippen molar-refractivity contribution in [1.29, 1.82) is 0 Å². The molecule has 0 saturated carbocycles. The molecule has 1 unspecified atom stereocenters. The Hall–Kier alpha value is -1.61. The van der Waals surface area contributed by atoms with E-state index in [1.165, 1.54) is 0 Å². The molecular weight excluding hydrogens is 292 g/mol. The standard InChI is InChI=1S/C15H11BrO2/c16-11-7-5-10(6-8-11)9-13-12-3-1-2-4-14(12)18-15(13)17/h1-8,13H,9H2. The largest absolute Gasteiger partial charge is 0.426 e. The summed E-state index contributed by atoms with van der Waals surface area (Å²) in [6, 6.07) is 15.7. The van der Waals surface area contributed by atoms with E-state index in [0.29, 0.717) is 12.2 Å². The normalized spacial score (nSPS) is 17.4. The third kappa shape index (κ3) is 2.06. The molecule has 0 fully saturated rings. The molecule has 1 heterocycles. The molecule has 1 aliphatic heterocycles. The first kappa shape index (κ1) is 11.5. The van der Waals surface area contributed by atoms with Crippen LogP contribution >= 0.6 is 15.9 Å². The van der Waals surface area contributed by atoms with E-state index in [9.17, 15) is 4.79 Å². The lowest BCUT2D eigenvalue weighted by Crippen LogP contribution is -2.12. The number of hydrogen-bond acceptors (Lipinski definition) is 2. The lowest BCUT2D eigenvalue weighted by molar-refractivity contribution is -0.134. The maximum Gasteiger partial charge on any atom is 0.319 e. The SMILES string of the molecule is O=C1Oc2ccccc2C1Cc1ccc(Br)cc1. The molecule has 0 aliphatic carbocycles. The first-order valence-corrected chi connectivity index (χ1v) is 6.58. The summed E-state index contributed by atoms with van der Waals surface area (Å²) >= 11 is 3.40. The molecular formula is C15H11BrO2. The fraction of sp³-hybridized carbons (Fsp3) is 0.133. The molecule has 90 valence electrons. The van der Waals surface area contributed by atoms with Gasteiger partial charge in [-0.15, -0.1) is 0 Å². The van der Waals surface area contributed by atoms with Crippen LogP contribution in [0, 0.1) is 0 Å². The fourth-order valence-corrected chi connectivity index (χ4v) is 2.48. The highest BCUT2D eigenvalue weighted by atomic mass is 79.9. The van der Waals surface area contributed by atoms with E-state index >= 15 is 0 Å². The van der Waals surface area contributed by atoms with Crippen molar-refractivity contribution in [1.82, 2.24) is 0 Å². The minimum Gasteiger partial charge on any atom is -0.426 e. The van der Waals surface area contributed by atoms with Crippen LogP contribution in [0.15, 0.2) is 53.0 Å². The zero-order chi connectivity index (χ0) is 12.5. The zero-order valence-corrected chi connectivity index (χ0v) is 11.2. The van der Waals surface area contributed by atoms with Crippen LogP contribution in [0.2, 0.25) is 0 Å². The van der Waals surface area contributed by atoms with Gasteiger partial charge in [0, 0.05) is 10.0 Å². The van der Waals surface area contributed by atoms with Crippen molar-refractivity contribution in [3.05, 3.63) is 64.1 Å². The van der Waals surface area contributed by atoms with Gasteiger partial charge in [-0.2, -0.15) is 0 Å². The third-order valence-corrected chi connectivity index (χ3v) is 3.67. The van der Waals surface area contributed by atoms with Crippen molar-refractivity contribution in [3.8, 4) is 5.75 Å². The predicted octanol–water partition coefficient (Wildman–Crippen LogP) is 3.69. The number of esters is 1. The fourth-order valence-electron chi connectivity index (χ4n) is 2.22. The molecule has 0 bridgehead atoms. The number of para-hydroxylation sites is 1. The number of ether oxygens (including phenoxy) is 1. The molecule has 3 heteroatoms. The van der Waals surface area contributed by atoms with Crippen molar-refractivity contribution in [2.75, 3.05) is 0 Å². The molecule has 0 aromatic heterocycles. The lowest BCUT2D eigenvalue weighted by atomic mass is 9.93. The summed E-state index contributed by atoms with van der Waals surface area (Å²) in [7, 11) is 0. The number of rotatable bonds is 2. The average Bonchev–Trinajstić information content (AvgIpc) is 2.69. The van der Waals surface area contributed by atoms with Crippen LogP contribution in [0.5, 0.6) is 5.75 Å². The van der Waals surface area contributed by atoms with Crippen LogP contribution in [0.3, 0.4) is 0 Å². The van der Waals surface area contributed by atoms with E-state index in [4.69, 9.17) is 4.74 Å². The number of fused-ring (bicyclic) bond motifs is 1. The molecule has 2 aromatic rings. The summed E-state index contributed by atoms with van der Waals surface area (Å²) in [4.78, 5) is 11.9. The lowest BCUT2D eigenvalue weighted by Gasteiger charge is -2.07. The van der Waals surface area contributed by atoms with Gasteiger partial charge in [0.15, 0.2) is 0 Å². The average molecular weight is 303 g/mol. The smallest absolute Gasteiger partial charge is 0.319 e. The van der Waals surface area contributed by atoms with E-state index in [1.807, 2.05) is 48.5 Å². The highest BCUT2D eigenvalue weighted by Crippen LogP contribution is 2.36. The van der Waals surface area contributed by atoms with Gasteiger partial charge in [0.05, 0.1) is 5.92 Å². The maximum absolute atomic E-state index is 11.9. The van der Waals surface area contributed by atoms with Crippen molar-refractivity contribution in [2.45, 2.75) is 12.3 Å². The summed E-state index contributed by atoms with van der Waals surface area (Å²) in [6.07, 6.45) is 0.684. The van der Waals surface area contributed by atoms with E-state index in [-0.39, 0.29) is 11.9 Å². The quantitative estimate of drug-likeness (QED) is 0.625. The topological polar surface area (TPSA) is 26.3 Å². The van der Waals surface area contributed by atoms with E-state index in [1.54, 1.807) is 0 Å². The summed E-state index contributed by atoms with van der Waals surface area (Å²) in [5.41, 5.74) is 2.13. The Morgan fingerprint density at radius 1 is 1.06 bits per heavy atom. The maximum atomic E-state index is 11.9. The van der Waals surface area contributed by atoms with Crippen LogP contribution in [-0.4, -0.2) is 5.97 Å². The molecule has 0 N–H and O–H groups in total. The number of halogens is 1. The van der Waals surface area contributed by atoms with Crippen molar-refractivity contribution in [3.63, 3.8) is 0 Å². The minimum atomic E-state index is -0.178. The van der Waals surface area contributed by atoms with E-state index in [0.717, 1.165) is 15.6 Å². The van der Waals surface area contributed by atoms with E-state index < -0.39 is 0 Å². The Morgan fingerprint density at radius 2 is 1.78 bits per heavy atom. The Labute approximate surface area is 114 Å². The van der Waals surface area contributed by atoms with Gasteiger partial charge in [0.25, 0.3) is 0 Å². The molecule has 2 nitrogen and oxygen atoms in total. The molecule has 0 amide bonds. The Balaban J connectivity index is 1.89. The Bertz CT molecular complexity index is 590. The molecule has 3 rings (SSSR count). The number of benzene rings is 2. The zero-order valence-electron chi connectivity index (χ0n) is 9.60. The van der Waals surface area contributed by atoms with Crippen LogP contribution in [0.4, 0.5) is 0 Å². The first-order valence-electron chi connectivity index (χ1n) is 5.79. The second kappa shape index (κ2) is 4.58. The van der Waals surface area contributed by atoms with Gasteiger partial charge in [0.2, 0.25) is 0 Å². The van der Waals surface area contributed by atoms with Gasteiger partial charge in [-0.1, -0.05) is 46.3 Å². The highest BCUT2D eigenvalue weighted by molar-refractivity contribution is 9.10. The van der Waals surface area contributed by atoms with Crippen LogP contribution in [0.1, 0.15) is 17.0 Å². The molecule has 0 saturated heterocycles. The van der Waals surface area contributed by atoms with Gasteiger partial charge < -0.3 is 4.74 Å². The summed E-state index contributed by atoms with van der Waals surface area (Å²) in [5, 5.41) is 0. The van der Waals surface area contributed by atoms with Crippen LogP contribution in [-0.2, 0) is 11.2 Å². The molecule has 2 aromatic carbocycles. The van der Waals surface area contributed by atoms with Crippen molar-refractivity contribution < 1.29 is 9.53 Å². The third-order valence-electron chi connectivity index (χ3n) is 3.14. The predicted molar refractivity (Wildman–Crippen MR) is 72.7 cm³/mol. The summed E-state index contributed by atoms with van der Waals surface area (Å²) in [6.45, 7) is 0. The van der Waals surface area contributed by atoms with Crippen LogP contribution < -0.4 is 4.74 Å². The van der Waals surface area contributed by atoms with Gasteiger partial charge in [-0.05, 0) is 30.2 Å². The van der Waals surface area contributed by atoms with Gasteiger partial charge in [0.1, 0.15) is 5.75 Å².